The molecule has 34 heavy (non-hydrogen) atoms. The van der Waals surface area contributed by atoms with Crippen molar-refractivity contribution in [1.82, 2.24) is 25.6 Å². The second kappa shape index (κ2) is 10.5. The number of hydrogen-bond acceptors (Lipinski definition) is 8. The number of benzene rings is 2. The molecule has 0 saturated carbocycles. The lowest BCUT2D eigenvalue weighted by Crippen LogP contribution is -2.24. The van der Waals surface area contributed by atoms with Crippen molar-refractivity contribution >= 4 is 29.7 Å². The number of furan rings is 1. The maximum Gasteiger partial charge on any atom is 0.338 e. The number of tetrazole rings is 1. The zero-order chi connectivity index (χ0) is 23.9. The summed E-state index contributed by atoms with van der Waals surface area (Å²) >= 11 is 6.13. The SMILES string of the molecule is CCOC(=O)c1ccc(-c2ccc(/C=N\NC(=O)Cn3nnc(-c4ccccc4Cl)n3)o2)cc1. The Morgan fingerprint density at radius 2 is 1.94 bits per heavy atom. The first-order chi connectivity index (χ1) is 16.5. The smallest absolute Gasteiger partial charge is 0.338 e. The molecule has 0 saturated heterocycles. The Morgan fingerprint density at radius 3 is 2.71 bits per heavy atom. The monoisotopic (exact) mass is 478 g/mol. The first kappa shape index (κ1) is 22.9. The van der Waals surface area contributed by atoms with E-state index >= 15 is 0 Å². The van der Waals surface area contributed by atoms with Gasteiger partial charge >= 0.3 is 5.97 Å². The van der Waals surface area contributed by atoms with E-state index in [9.17, 15) is 9.59 Å². The van der Waals surface area contributed by atoms with E-state index in [1.165, 1.54) is 6.21 Å². The van der Waals surface area contributed by atoms with Crippen LogP contribution >= 0.6 is 11.6 Å². The Bertz CT molecular complexity index is 1330. The van der Waals surface area contributed by atoms with Crippen molar-refractivity contribution in [3.05, 3.63) is 77.0 Å². The molecule has 10 nitrogen and oxygen atoms in total. The van der Waals surface area contributed by atoms with Crippen LogP contribution in [-0.2, 0) is 16.1 Å². The van der Waals surface area contributed by atoms with Gasteiger partial charge in [-0.15, -0.1) is 10.2 Å². The summed E-state index contributed by atoms with van der Waals surface area (Å²) in [7, 11) is 0. The number of rotatable bonds is 8. The summed E-state index contributed by atoms with van der Waals surface area (Å²) in [5.74, 6) is 0.519. The van der Waals surface area contributed by atoms with Crippen LogP contribution in [0.3, 0.4) is 0 Å². The van der Waals surface area contributed by atoms with Crippen LogP contribution < -0.4 is 5.43 Å². The van der Waals surface area contributed by atoms with E-state index in [2.05, 4.69) is 25.9 Å². The lowest BCUT2D eigenvalue weighted by Gasteiger charge is -2.02. The molecule has 0 spiro atoms. The molecular weight excluding hydrogens is 460 g/mol. The molecule has 2 aromatic carbocycles. The zero-order valence-electron chi connectivity index (χ0n) is 18.0. The summed E-state index contributed by atoms with van der Waals surface area (Å²) < 4.78 is 10.7. The number of esters is 1. The molecule has 2 heterocycles. The number of hydrazone groups is 1. The molecule has 0 bridgehead atoms. The predicted octanol–water partition coefficient (Wildman–Crippen LogP) is 3.58. The van der Waals surface area contributed by atoms with Gasteiger partial charge in [-0.05, 0) is 48.5 Å². The van der Waals surface area contributed by atoms with Gasteiger partial charge in [0.25, 0.3) is 5.91 Å². The fourth-order valence-electron chi connectivity index (χ4n) is 2.95. The van der Waals surface area contributed by atoms with E-state index < -0.39 is 5.91 Å². The number of aromatic nitrogens is 4. The van der Waals surface area contributed by atoms with Crippen molar-refractivity contribution in [3.63, 3.8) is 0 Å². The van der Waals surface area contributed by atoms with Gasteiger partial charge in [-0.1, -0.05) is 35.9 Å². The Labute approximate surface area is 199 Å². The first-order valence-corrected chi connectivity index (χ1v) is 10.6. The number of hydrogen-bond donors (Lipinski definition) is 1. The maximum atomic E-state index is 12.1. The normalized spacial score (nSPS) is 11.0. The minimum atomic E-state index is -0.444. The lowest BCUT2D eigenvalue weighted by molar-refractivity contribution is -0.122. The fraction of sp³-hybridized carbons (Fsp3) is 0.130. The second-order valence-corrected chi connectivity index (χ2v) is 7.32. The van der Waals surface area contributed by atoms with Crippen LogP contribution in [-0.4, -0.2) is 44.9 Å². The van der Waals surface area contributed by atoms with Gasteiger partial charge in [0.1, 0.15) is 18.1 Å². The van der Waals surface area contributed by atoms with E-state index in [1.54, 1.807) is 61.5 Å². The molecule has 1 N–H and O–H groups in total. The molecule has 172 valence electrons. The number of carbonyl (C=O) groups is 2. The van der Waals surface area contributed by atoms with Gasteiger partial charge in [0.2, 0.25) is 5.82 Å². The molecule has 0 aliphatic carbocycles. The van der Waals surface area contributed by atoms with E-state index in [0.717, 1.165) is 10.4 Å². The number of nitrogens with zero attached hydrogens (tertiary/aromatic N) is 5. The number of amides is 1. The van der Waals surface area contributed by atoms with Gasteiger partial charge in [0.05, 0.1) is 23.4 Å². The summed E-state index contributed by atoms with van der Waals surface area (Å²) in [6.45, 7) is 1.90. The third-order valence-corrected chi connectivity index (χ3v) is 4.87. The van der Waals surface area contributed by atoms with Gasteiger partial charge in [0, 0.05) is 11.1 Å². The maximum absolute atomic E-state index is 12.1. The van der Waals surface area contributed by atoms with Gasteiger partial charge in [-0.3, -0.25) is 4.79 Å². The molecule has 4 rings (SSSR count). The van der Waals surface area contributed by atoms with Gasteiger partial charge in [-0.25, -0.2) is 10.2 Å². The lowest BCUT2D eigenvalue weighted by atomic mass is 10.1. The van der Waals surface area contributed by atoms with E-state index in [4.69, 9.17) is 20.8 Å². The highest BCUT2D eigenvalue weighted by Crippen LogP contribution is 2.24. The average molecular weight is 479 g/mol. The summed E-state index contributed by atoms with van der Waals surface area (Å²) in [4.78, 5) is 25.0. The number of carbonyl (C=O) groups excluding carboxylic acids is 2. The minimum absolute atomic E-state index is 0.176. The Kier molecular flexibility index (Phi) is 7.09. The van der Waals surface area contributed by atoms with Gasteiger partial charge in [0.15, 0.2) is 0 Å². The molecule has 2 aromatic heterocycles. The molecular formula is C23H19ClN6O4. The van der Waals surface area contributed by atoms with E-state index in [-0.39, 0.29) is 12.5 Å². The number of ether oxygens (including phenoxy) is 1. The molecule has 0 radical (unpaired) electrons. The third kappa shape index (κ3) is 5.54. The summed E-state index contributed by atoms with van der Waals surface area (Å²) in [6, 6.07) is 17.4. The van der Waals surface area contributed by atoms with Crippen LogP contribution in [0.4, 0.5) is 0 Å². The van der Waals surface area contributed by atoms with E-state index in [0.29, 0.717) is 40.1 Å². The first-order valence-electron chi connectivity index (χ1n) is 10.3. The molecule has 0 aliphatic rings. The van der Waals surface area contributed by atoms with Crippen LogP contribution in [0.25, 0.3) is 22.7 Å². The molecule has 0 atom stereocenters. The fourth-order valence-corrected chi connectivity index (χ4v) is 3.17. The average Bonchev–Trinajstić information content (AvgIpc) is 3.50. The molecule has 11 heteroatoms. The molecule has 4 aromatic rings. The minimum Gasteiger partial charge on any atom is -0.462 e. The Hall–Kier alpha value is -4.31. The highest BCUT2D eigenvalue weighted by Gasteiger charge is 2.12. The largest absolute Gasteiger partial charge is 0.462 e. The number of nitrogens with one attached hydrogen (secondary N) is 1. The Morgan fingerprint density at radius 1 is 1.15 bits per heavy atom. The van der Waals surface area contributed by atoms with E-state index in [1.807, 2.05) is 6.07 Å². The summed E-state index contributed by atoms with van der Waals surface area (Å²) in [5.41, 5.74) is 4.25. The van der Waals surface area contributed by atoms with Crippen molar-refractivity contribution in [2.24, 2.45) is 5.10 Å². The summed E-state index contributed by atoms with van der Waals surface area (Å²) in [5, 5.41) is 16.3. The van der Waals surface area contributed by atoms with Gasteiger partial charge in [-0.2, -0.15) is 9.90 Å². The van der Waals surface area contributed by atoms with Crippen molar-refractivity contribution in [1.29, 1.82) is 0 Å². The Balaban J connectivity index is 1.32. The van der Waals surface area contributed by atoms with Gasteiger partial charge < -0.3 is 9.15 Å². The molecule has 0 fully saturated rings. The van der Waals surface area contributed by atoms with Crippen LogP contribution in [0.2, 0.25) is 5.02 Å². The van der Waals surface area contributed by atoms with Crippen molar-refractivity contribution in [3.8, 4) is 22.7 Å². The molecule has 0 aliphatic heterocycles. The van der Waals surface area contributed by atoms with Crippen LogP contribution in [0.15, 0.2) is 70.2 Å². The van der Waals surface area contributed by atoms with Crippen molar-refractivity contribution in [2.45, 2.75) is 13.5 Å². The van der Waals surface area contributed by atoms with Crippen LogP contribution in [0.1, 0.15) is 23.0 Å². The molecule has 1 amide bonds. The highest BCUT2D eigenvalue weighted by atomic mass is 35.5. The summed E-state index contributed by atoms with van der Waals surface area (Å²) in [6.07, 6.45) is 1.37. The number of halogens is 1. The predicted molar refractivity (Wildman–Crippen MR) is 124 cm³/mol. The zero-order valence-corrected chi connectivity index (χ0v) is 18.8. The van der Waals surface area contributed by atoms with Crippen molar-refractivity contribution < 1.29 is 18.7 Å². The third-order valence-electron chi connectivity index (χ3n) is 4.54. The van der Waals surface area contributed by atoms with Crippen molar-refractivity contribution in [2.75, 3.05) is 6.61 Å². The quantitative estimate of drug-likeness (QED) is 0.233. The topological polar surface area (TPSA) is 124 Å². The standard InChI is InChI=1S/C23H19ClN6O4/c1-2-33-23(32)16-9-7-15(8-10-16)20-12-11-17(34-20)13-25-26-21(31)14-30-28-22(27-29-30)18-5-3-4-6-19(18)24/h3-13H,2,14H2,1H3,(H,26,31)/b25-13-. The molecule has 0 unspecified atom stereocenters. The van der Waals surface area contributed by atoms with Crippen LogP contribution in [0.5, 0.6) is 0 Å². The highest BCUT2D eigenvalue weighted by molar-refractivity contribution is 6.33. The van der Waals surface area contributed by atoms with Crippen LogP contribution in [0, 0.1) is 0 Å². The second-order valence-electron chi connectivity index (χ2n) is 6.92.